The molecule has 0 heterocycles. The molecule has 3 nitrogen and oxygen atoms in total. The van der Waals surface area contributed by atoms with Crippen molar-refractivity contribution in [3.05, 3.63) is 0 Å². The fourth-order valence-electron chi connectivity index (χ4n) is 0.938. The number of hydrogen-bond acceptors (Lipinski definition) is 3. The van der Waals surface area contributed by atoms with Crippen molar-refractivity contribution in [2.45, 2.75) is 79.1 Å². The molecule has 0 saturated heterocycles. The van der Waals surface area contributed by atoms with Crippen LogP contribution in [0.25, 0.3) is 0 Å². The molecule has 0 aliphatic carbocycles. The van der Waals surface area contributed by atoms with Gasteiger partial charge in [-0.3, -0.25) is 0 Å². The Morgan fingerprint density at radius 2 is 0.833 bits per heavy atom. The van der Waals surface area contributed by atoms with E-state index in [0.717, 1.165) is 0 Å². The first-order chi connectivity index (χ1) is 6.79. The minimum absolute atomic E-state index is 0. The summed E-state index contributed by atoms with van der Waals surface area (Å²) in [6.45, 7) is 18.2. The maximum Gasteiger partial charge on any atom is 1.00 e. The summed E-state index contributed by atoms with van der Waals surface area (Å²) >= 11 is -2.11. The largest absolute Gasteiger partial charge is 1.00 e. The SMILES string of the molecule is CC(C)(C)[O][Al]([O]C(C)(C)C)[O]C(C)(C)C.[AlH3].[H-].[HH].[Li+]. The van der Waals surface area contributed by atoms with Crippen molar-refractivity contribution in [3.63, 3.8) is 0 Å². The van der Waals surface area contributed by atoms with E-state index in [9.17, 15) is 0 Å². The van der Waals surface area contributed by atoms with Gasteiger partial charge in [0.15, 0.2) is 17.4 Å². The van der Waals surface area contributed by atoms with E-state index in [2.05, 4.69) is 0 Å². The van der Waals surface area contributed by atoms with Crippen molar-refractivity contribution in [1.82, 2.24) is 0 Å². The average molecular weight is 286 g/mol. The molecule has 0 unspecified atom stereocenters. The fourth-order valence-corrected chi connectivity index (χ4v) is 2.81. The van der Waals surface area contributed by atoms with Gasteiger partial charge in [-0.1, -0.05) is 0 Å². The van der Waals surface area contributed by atoms with Gasteiger partial charge >= 0.3 is 34.0 Å². The van der Waals surface area contributed by atoms with Crippen LogP contribution in [-0.4, -0.2) is 49.3 Å². The second kappa shape index (κ2) is 8.75. The first kappa shape index (κ1) is 24.6. The van der Waals surface area contributed by atoms with Crippen LogP contribution in [0.15, 0.2) is 0 Å². The summed E-state index contributed by atoms with van der Waals surface area (Å²) in [5, 5.41) is 0. The fraction of sp³-hybridized carbons (Fsp3) is 1.00. The Bertz CT molecular complexity index is 188. The van der Waals surface area contributed by atoms with E-state index in [0.29, 0.717) is 0 Å². The van der Waals surface area contributed by atoms with Crippen molar-refractivity contribution >= 4 is 32.5 Å². The average Bonchev–Trinajstić information content (AvgIpc) is 1.70. The predicted octanol–water partition coefficient (Wildman–Crippen LogP) is -0.405. The molecule has 0 aliphatic heterocycles. The summed E-state index contributed by atoms with van der Waals surface area (Å²) in [5.41, 5.74) is -0.686. The molecule has 0 amide bonds. The van der Waals surface area contributed by atoms with Gasteiger partial charge in [-0.15, -0.1) is 0 Å². The Morgan fingerprint density at radius 3 is 0.944 bits per heavy atom. The van der Waals surface area contributed by atoms with Crippen molar-refractivity contribution in [2.75, 3.05) is 0 Å². The second-order valence-corrected chi connectivity index (χ2v) is 8.26. The first-order valence-electron chi connectivity index (χ1n) is 5.82. The van der Waals surface area contributed by atoms with Crippen LogP contribution in [0.5, 0.6) is 0 Å². The smallest absolute Gasteiger partial charge is 1.00 e. The molecule has 0 N–H and O–H groups in total. The van der Waals surface area contributed by atoms with Gasteiger partial charge in [-0.25, -0.2) is 0 Å². The number of hydrogen-bond donors (Lipinski definition) is 0. The van der Waals surface area contributed by atoms with Crippen molar-refractivity contribution in [1.29, 1.82) is 0 Å². The van der Waals surface area contributed by atoms with E-state index < -0.39 is 15.1 Å². The van der Waals surface area contributed by atoms with Crippen LogP contribution in [0.3, 0.4) is 0 Å². The molecule has 0 radical (unpaired) electrons. The molecule has 0 rings (SSSR count). The first-order valence-corrected chi connectivity index (χ1v) is 7.23. The summed E-state index contributed by atoms with van der Waals surface area (Å²) in [4.78, 5) is 0. The van der Waals surface area contributed by atoms with Gasteiger partial charge in [0.2, 0.25) is 0 Å². The summed E-state index contributed by atoms with van der Waals surface area (Å²) in [6, 6.07) is 0. The van der Waals surface area contributed by atoms with E-state index in [1.54, 1.807) is 0 Å². The molecule has 0 aliphatic rings. The molecule has 0 fully saturated rings. The maximum atomic E-state index is 5.88. The van der Waals surface area contributed by atoms with Gasteiger partial charge in [0.1, 0.15) is 0 Å². The molecule has 0 aromatic carbocycles. The van der Waals surface area contributed by atoms with Crippen LogP contribution in [0, 0.1) is 0 Å². The van der Waals surface area contributed by atoms with Crippen LogP contribution in [0.1, 0.15) is 65.2 Å². The molecule has 0 atom stereocenters. The summed E-state index contributed by atoms with van der Waals surface area (Å²) in [6.07, 6.45) is 0. The van der Waals surface area contributed by atoms with E-state index in [1.807, 2.05) is 62.3 Å². The molecule has 0 bridgehead atoms. The van der Waals surface area contributed by atoms with Crippen LogP contribution in [-0.2, 0) is 11.4 Å². The van der Waals surface area contributed by atoms with Crippen molar-refractivity contribution in [3.8, 4) is 0 Å². The molecule has 0 spiro atoms. The van der Waals surface area contributed by atoms with E-state index >= 15 is 0 Å². The third-order valence-electron chi connectivity index (χ3n) is 1.35. The molecule has 18 heavy (non-hydrogen) atoms. The minimum Gasteiger partial charge on any atom is -1.00 e. The summed E-state index contributed by atoms with van der Waals surface area (Å²) < 4.78 is 17.7. The zero-order valence-corrected chi connectivity index (χ0v) is 14.5. The van der Waals surface area contributed by atoms with Gasteiger partial charge in [0.05, 0.1) is 0 Å². The zero-order valence-electron chi connectivity index (χ0n) is 14.3. The third-order valence-corrected chi connectivity index (χ3v) is 4.05. The topological polar surface area (TPSA) is 27.7 Å². The Labute approximate surface area is 144 Å². The van der Waals surface area contributed by atoms with E-state index in [4.69, 9.17) is 11.4 Å². The van der Waals surface area contributed by atoms with Crippen LogP contribution in [0.4, 0.5) is 0 Å². The van der Waals surface area contributed by atoms with Gasteiger partial charge < -0.3 is 12.8 Å². The molecule has 6 heteroatoms. The summed E-state index contributed by atoms with van der Waals surface area (Å²) in [5.74, 6) is 0. The second-order valence-electron chi connectivity index (χ2n) is 6.98. The summed E-state index contributed by atoms with van der Waals surface area (Å²) in [7, 11) is 0. The zero-order chi connectivity index (χ0) is 13.2. The van der Waals surface area contributed by atoms with Gasteiger partial charge in [-0.05, 0) is 62.3 Å². The van der Waals surface area contributed by atoms with Gasteiger partial charge in [-0.2, -0.15) is 0 Å². The molecule has 0 saturated carbocycles. The minimum atomic E-state index is -2.11. The Kier molecular flexibility index (Phi) is 11.9. The predicted molar refractivity (Wildman–Crippen MR) is 81.4 cm³/mol. The molecular formula is C12H33Al2LiO3. The van der Waals surface area contributed by atoms with E-state index in [1.165, 1.54) is 0 Å². The molecular weight excluding hydrogens is 253 g/mol. The van der Waals surface area contributed by atoms with Crippen molar-refractivity contribution < 1.29 is 33.1 Å². The normalized spacial score (nSPS) is 12.5. The van der Waals surface area contributed by atoms with Gasteiger partial charge in [0, 0.05) is 18.2 Å². The Hall–Kier alpha value is 1.54. The van der Waals surface area contributed by atoms with Crippen LogP contribution < -0.4 is 18.9 Å². The number of rotatable bonds is 3. The van der Waals surface area contributed by atoms with Crippen LogP contribution in [0.2, 0.25) is 0 Å². The van der Waals surface area contributed by atoms with E-state index in [-0.39, 0.29) is 55.9 Å². The maximum absolute atomic E-state index is 5.88. The monoisotopic (exact) mass is 286 g/mol. The quantitative estimate of drug-likeness (QED) is 0.661. The Balaban J connectivity index is -0.000000187. The molecule has 106 valence electrons. The standard InChI is InChI=1S/3C4H9O.2Al.Li.H2.4H/c3*1-4(2,3)5;;;;;;;;/h3*1-3H3;;;;1H;;;;/q3*-1;;+3;+1;;;;;-1. The molecule has 0 aromatic rings. The Morgan fingerprint density at radius 1 is 0.667 bits per heavy atom. The van der Waals surface area contributed by atoms with Gasteiger partial charge in [0.25, 0.3) is 0 Å². The molecule has 0 aromatic heterocycles. The third kappa shape index (κ3) is 17.5. The van der Waals surface area contributed by atoms with Crippen molar-refractivity contribution in [2.24, 2.45) is 0 Å². The van der Waals surface area contributed by atoms with Crippen LogP contribution >= 0.6 is 0 Å².